The Morgan fingerprint density at radius 1 is 1.62 bits per heavy atom. The fourth-order valence-corrected chi connectivity index (χ4v) is 1.10. The molecule has 2 nitrogen and oxygen atoms in total. The van der Waals surface area contributed by atoms with Gasteiger partial charge in [-0.3, -0.25) is 0 Å². The van der Waals surface area contributed by atoms with E-state index in [9.17, 15) is 4.79 Å². The molecule has 1 aromatic carbocycles. The van der Waals surface area contributed by atoms with E-state index in [1.54, 1.807) is 18.2 Å². The van der Waals surface area contributed by atoms with Crippen molar-refractivity contribution < 1.29 is 9.53 Å². The average molecular weight is 197 g/mol. The standard InChI is InChI=1S/C10H9ClO2/c1-3-10(12)13-9-5-4-8(11)6-7(9)2/h3-6H,1H2,2H3. The van der Waals surface area contributed by atoms with Crippen molar-refractivity contribution in [3.8, 4) is 5.75 Å². The van der Waals surface area contributed by atoms with E-state index in [-0.39, 0.29) is 0 Å². The Labute approximate surface area is 81.8 Å². The molecule has 0 saturated carbocycles. The first-order valence-corrected chi connectivity index (χ1v) is 4.11. The van der Waals surface area contributed by atoms with Crippen LogP contribution in [-0.2, 0) is 4.79 Å². The topological polar surface area (TPSA) is 26.3 Å². The second kappa shape index (κ2) is 4.10. The van der Waals surface area contributed by atoms with Gasteiger partial charge in [-0.05, 0) is 30.7 Å². The molecular weight excluding hydrogens is 188 g/mol. The molecular formula is C10H9ClO2. The van der Waals surface area contributed by atoms with Gasteiger partial charge in [0.25, 0.3) is 0 Å². The molecule has 0 unspecified atom stereocenters. The highest BCUT2D eigenvalue weighted by Gasteiger charge is 2.03. The number of halogens is 1. The largest absolute Gasteiger partial charge is 0.423 e. The molecule has 0 atom stereocenters. The lowest BCUT2D eigenvalue weighted by atomic mass is 10.2. The first-order valence-electron chi connectivity index (χ1n) is 3.74. The summed E-state index contributed by atoms with van der Waals surface area (Å²) in [5.41, 5.74) is 0.822. The van der Waals surface area contributed by atoms with Crippen molar-refractivity contribution in [1.29, 1.82) is 0 Å². The summed E-state index contributed by atoms with van der Waals surface area (Å²) in [6.07, 6.45) is 1.12. The van der Waals surface area contributed by atoms with Crippen molar-refractivity contribution in [2.24, 2.45) is 0 Å². The molecule has 13 heavy (non-hydrogen) atoms. The fraction of sp³-hybridized carbons (Fsp3) is 0.100. The van der Waals surface area contributed by atoms with Crippen molar-refractivity contribution in [3.63, 3.8) is 0 Å². The molecule has 1 aromatic rings. The Bertz CT molecular complexity index is 345. The van der Waals surface area contributed by atoms with Gasteiger partial charge in [0.1, 0.15) is 5.75 Å². The van der Waals surface area contributed by atoms with Crippen LogP contribution in [0, 0.1) is 6.92 Å². The predicted molar refractivity (Wildman–Crippen MR) is 52.0 cm³/mol. The highest BCUT2D eigenvalue weighted by Crippen LogP contribution is 2.21. The van der Waals surface area contributed by atoms with E-state index in [1.165, 1.54) is 0 Å². The van der Waals surface area contributed by atoms with Gasteiger partial charge in [0, 0.05) is 11.1 Å². The summed E-state index contributed by atoms with van der Waals surface area (Å²) in [4.78, 5) is 10.8. The third kappa shape index (κ3) is 2.60. The van der Waals surface area contributed by atoms with E-state index in [1.807, 2.05) is 6.92 Å². The number of hydrogen-bond acceptors (Lipinski definition) is 2. The van der Waals surface area contributed by atoms with Crippen LogP contribution >= 0.6 is 11.6 Å². The molecule has 0 aliphatic rings. The van der Waals surface area contributed by atoms with Gasteiger partial charge in [0.2, 0.25) is 0 Å². The zero-order valence-corrected chi connectivity index (χ0v) is 7.97. The van der Waals surface area contributed by atoms with Crippen molar-refractivity contribution >= 4 is 17.6 Å². The second-order valence-corrected chi connectivity index (χ2v) is 2.97. The number of carbonyl (C=O) groups excluding carboxylic acids is 1. The molecule has 3 heteroatoms. The third-order valence-electron chi connectivity index (χ3n) is 1.51. The van der Waals surface area contributed by atoms with Gasteiger partial charge in [-0.25, -0.2) is 4.79 Å². The smallest absolute Gasteiger partial charge is 0.335 e. The Balaban J connectivity index is 2.89. The maximum absolute atomic E-state index is 10.8. The lowest BCUT2D eigenvalue weighted by molar-refractivity contribution is -0.129. The molecule has 0 bridgehead atoms. The van der Waals surface area contributed by atoms with Crippen LogP contribution < -0.4 is 4.74 Å². The summed E-state index contributed by atoms with van der Waals surface area (Å²) < 4.78 is 4.93. The number of aryl methyl sites for hydroxylation is 1. The van der Waals surface area contributed by atoms with Crippen molar-refractivity contribution in [2.45, 2.75) is 6.92 Å². The van der Waals surface area contributed by atoms with Gasteiger partial charge in [-0.2, -0.15) is 0 Å². The Hall–Kier alpha value is -1.28. The Morgan fingerprint density at radius 3 is 2.85 bits per heavy atom. The second-order valence-electron chi connectivity index (χ2n) is 2.54. The van der Waals surface area contributed by atoms with Gasteiger partial charge in [0.15, 0.2) is 0 Å². The number of esters is 1. The van der Waals surface area contributed by atoms with Crippen LogP contribution in [-0.4, -0.2) is 5.97 Å². The quantitative estimate of drug-likeness (QED) is 0.413. The molecule has 0 N–H and O–H groups in total. The summed E-state index contributed by atoms with van der Waals surface area (Å²) in [6, 6.07) is 5.05. The maximum atomic E-state index is 10.8. The summed E-state index contributed by atoms with van der Waals surface area (Å²) in [5, 5.41) is 0.621. The van der Waals surface area contributed by atoms with Crippen LogP contribution in [0.3, 0.4) is 0 Å². The molecule has 0 saturated heterocycles. The van der Waals surface area contributed by atoms with Gasteiger partial charge in [0.05, 0.1) is 0 Å². The van der Waals surface area contributed by atoms with Crippen LogP contribution in [0.2, 0.25) is 5.02 Å². The van der Waals surface area contributed by atoms with E-state index < -0.39 is 5.97 Å². The van der Waals surface area contributed by atoms with Crippen molar-refractivity contribution in [3.05, 3.63) is 41.4 Å². The highest BCUT2D eigenvalue weighted by atomic mass is 35.5. The molecule has 0 radical (unpaired) electrons. The van der Waals surface area contributed by atoms with Crippen LogP contribution in [0.5, 0.6) is 5.75 Å². The number of ether oxygens (including phenoxy) is 1. The predicted octanol–water partition coefficient (Wildman–Crippen LogP) is 2.74. The van der Waals surface area contributed by atoms with Crippen LogP contribution in [0.4, 0.5) is 0 Å². The minimum Gasteiger partial charge on any atom is -0.423 e. The lowest BCUT2D eigenvalue weighted by Gasteiger charge is -2.04. The fourth-order valence-electron chi connectivity index (χ4n) is 0.877. The van der Waals surface area contributed by atoms with E-state index in [0.717, 1.165) is 11.6 Å². The van der Waals surface area contributed by atoms with Crippen molar-refractivity contribution in [2.75, 3.05) is 0 Å². The first-order chi connectivity index (χ1) is 6.13. The number of hydrogen-bond donors (Lipinski definition) is 0. The summed E-state index contributed by atoms with van der Waals surface area (Å²) >= 11 is 5.73. The zero-order chi connectivity index (χ0) is 9.84. The molecule has 0 spiro atoms. The van der Waals surface area contributed by atoms with Gasteiger partial charge >= 0.3 is 5.97 Å². The third-order valence-corrected chi connectivity index (χ3v) is 1.75. The monoisotopic (exact) mass is 196 g/mol. The summed E-state index contributed by atoms with van der Waals surface area (Å²) in [7, 11) is 0. The van der Waals surface area contributed by atoms with E-state index in [2.05, 4.69) is 6.58 Å². The van der Waals surface area contributed by atoms with E-state index in [0.29, 0.717) is 10.8 Å². The van der Waals surface area contributed by atoms with Gasteiger partial charge < -0.3 is 4.74 Å². The molecule has 0 aromatic heterocycles. The number of benzene rings is 1. The number of rotatable bonds is 2. The molecule has 0 heterocycles. The molecule has 1 rings (SSSR count). The molecule has 68 valence electrons. The van der Waals surface area contributed by atoms with E-state index in [4.69, 9.17) is 16.3 Å². The minimum atomic E-state index is -0.467. The maximum Gasteiger partial charge on any atom is 0.335 e. The highest BCUT2D eigenvalue weighted by molar-refractivity contribution is 6.30. The average Bonchev–Trinajstić information content (AvgIpc) is 2.09. The SMILES string of the molecule is C=CC(=O)Oc1ccc(Cl)cc1C. The van der Waals surface area contributed by atoms with Gasteiger partial charge in [-0.1, -0.05) is 18.2 Å². The molecule has 0 fully saturated rings. The van der Waals surface area contributed by atoms with E-state index >= 15 is 0 Å². The van der Waals surface area contributed by atoms with Gasteiger partial charge in [-0.15, -0.1) is 0 Å². The molecule has 0 amide bonds. The van der Waals surface area contributed by atoms with Crippen molar-refractivity contribution in [1.82, 2.24) is 0 Å². The number of carbonyl (C=O) groups is 1. The zero-order valence-electron chi connectivity index (χ0n) is 7.21. The van der Waals surface area contributed by atoms with Crippen LogP contribution in [0.25, 0.3) is 0 Å². The lowest BCUT2D eigenvalue weighted by Crippen LogP contribution is -2.03. The first kappa shape index (κ1) is 9.81. The molecule has 0 aliphatic carbocycles. The Kier molecular flexibility index (Phi) is 3.09. The summed E-state index contributed by atoms with van der Waals surface area (Å²) in [6.45, 7) is 5.12. The van der Waals surface area contributed by atoms with Crippen LogP contribution in [0.15, 0.2) is 30.9 Å². The normalized spacial score (nSPS) is 9.38. The van der Waals surface area contributed by atoms with Crippen LogP contribution in [0.1, 0.15) is 5.56 Å². The Morgan fingerprint density at radius 2 is 2.31 bits per heavy atom. The molecule has 0 aliphatic heterocycles. The summed E-state index contributed by atoms with van der Waals surface area (Å²) in [5.74, 6) is 0.0414. The minimum absolute atomic E-state index is 0.467.